The first kappa shape index (κ1) is 19.9. The van der Waals surface area contributed by atoms with Crippen molar-refractivity contribution in [3.63, 3.8) is 0 Å². The minimum atomic E-state index is -0.479. The molecule has 2 aliphatic carbocycles. The van der Waals surface area contributed by atoms with E-state index in [0.29, 0.717) is 30.0 Å². The summed E-state index contributed by atoms with van der Waals surface area (Å²) in [4.78, 5) is 37.2. The lowest BCUT2D eigenvalue weighted by Crippen LogP contribution is -2.40. The normalized spacial score (nSPS) is 24.0. The highest BCUT2D eigenvalue weighted by atomic mass is 32.2. The molecule has 4 atom stereocenters. The maximum Gasteiger partial charge on any atom is 0.328 e. The molecule has 0 aromatic carbocycles. The molecule has 0 unspecified atom stereocenters. The number of carbonyl (C=O) groups excluding carboxylic acids is 1. The van der Waals surface area contributed by atoms with Crippen molar-refractivity contribution >= 4 is 17.7 Å². The van der Waals surface area contributed by atoms with E-state index in [4.69, 9.17) is 4.42 Å². The molecule has 0 aliphatic heterocycles. The highest BCUT2D eigenvalue weighted by Gasteiger charge is 2.42. The molecule has 29 heavy (non-hydrogen) atoms. The van der Waals surface area contributed by atoms with Crippen LogP contribution in [0, 0.1) is 17.8 Å². The van der Waals surface area contributed by atoms with Gasteiger partial charge < -0.3 is 14.3 Å². The highest BCUT2D eigenvalue weighted by Crippen LogP contribution is 2.49. The van der Waals surface area contributed by atoms with Gasteiger partial charge in [0, 0.05) is 31.3 Å². The smallest absolute Gasteiger partial charge is 0.328 e. The minimum Gasteiger partial charge on any atom is -0.416 e. The summed E-state index contributed by atoms with van der Waals surface area (Å²) in [6, 6.07) is 1.49. The number of hydrogen-bond acceptors (Lipinski definition) is 7. The van der Waals surface area contributed by atoms with Crippen molar-refractivity contribution in [2.24, 2.45) is 17.8 Å². The number of hydrogen-bond donors (Lipinski definition) is 2. The number of carbonyl (C=O) groups is 1. The standard InChI is InChI=1S/C19H25N5O4S/c1-11(14-9-12-2-3-13(14)8-12)20-16(26)10-29-19-23-22-17(28-19)5-7-24-6-4-15(25)21-18(24)27/h4,6,11-14H,2-3,5,7-10H2,1H3,(H,20,26)(H,21,25,27)/t11-,12+,13+,14+/m1/s1. The molecule has 10 heteroatoms. The minimum absolute atomic E-state index is 0.0233. The molecule has 0 spiro atoms. The number of aromatic amines is 1. The lowest BCUT2D eigenvalue weighted by Gasteiger charge is -2.28. The van der Waals surface area contributed by atoms with Crippen molar-refractivity contribution in [1.29, 1.82) is 0 Å². The fourth-order valence-electron chi connectivity index (χ4n) is 4.67. The van der Waals surface area contributed by atoms with Crippen molar-refractivity contribution < 1.29 is 9.21 Å². The number of aryl methyl sites for hydroxylation is 2. The molecule has 1 amide bonds. The molecule has 0 radical (unpaired) electrons. The first-order valence-electron chi connectivity index (χ1n) is 10.0. The Balaban J connectivity index is 1.22. The molecule has 0 saturated heterocycles. The number of rotatable bonds is 8. The first-order valence-corrected chi connectivity index (χ1v) is 11.0. The lowest BCUT2D eigenvalue weighted by molar-refractivity contribution is -0.119. The van der Waals surface area contributed by atoms with Crippen molar-refractivity contribution in [2.45, 2.75) is 56.8 Å². The van der Waals surface area contributed by atoms with Gasteiger partial charge in [-0.1, -0.05) is 18.2 Å². The van der Waals surface area contributed by atoms with Gasteiger partial charge in [0.15, 0.2) is 0 Å². The van der Waals surface area contributed by atoms with Crippen LogP contribution < -0.4 is 16.6 Å². The topological polar surface area (TPSA) is 123 Å². The number of nitrogens with zero attached hydrogens (tertiary/aromatic N) is 3. The van der Waals surface area contributed by atoms with Gasteiger partial charge >= 0.3 is 5.69 Å². The summed E-state index contributed by atoms with van der Waals surface area (Å²) in [5.41, 5.74) is -0.913. The predicted molar refractivity (Wildman–Crippen MR) is 107 cm³/mol. The van der Waals surface area contributed by atoms with Crippen molar-refractivity contribution in [2.75, 3.05) is 5.75 Å². The summed E-state index contributed by atoms with van der Waals surface area (Å²) in [5.74, 6) is 2.82. The second kappa shape index (κ2) is 8.56. The Morgan fingerprint density at radius 2 is 2.24 bits per heavy atom. The molecule has 156 valence electrons. The van der Waals surface area contributed by atoms with Gasteiger partial charge in [0.2, 0.25) is 11.8 Å². The van der Waals surface area contributed by atoms with Gasteiger partial charge in [-0.2, -0.15) is 0 Å². The van der Waals surface area contributed by atoms with Crippen LogP contribution in [0.15, 0.2) is 31.5 Å². The van der Waals surface area contributed by atoms with Gasteiger partial charge in [0.05, 0.1) is 5.75 Å². The van der Waals surface area contributed by atoms with Crippen LogP contribution in [0.25, 0.3) is 0 Å². The molecule has 2 fully saturated rings. The fourth-order valence-corrected chi connectivity index (χ4v) is 5.26. The first-order chi connectivity index (χ1) is 14.0. The van der Waals surface area contributed by atoms with E-state index in [1.165, 1.54) is 54.3 Å². The third-order valence-electron chi connectivity index (χ3n) is 6.06. The molecule has 2 saturated carbocycles. The SMILES string of the molecule is C[C@@H](NC(=O)CSc1nnc(CCn2ccc(=O)[nH]c2=O)o1)[C@@H]1C[C@H]2CC[C@H]1C2. The summed E-state index contributed by atoms with van der Waals surface area (Å²) >= 11 is 1.21. The third kappa shape index (κ3) is 4.80. The van der Waals surface area contributed by atoms with Gasteiger partial charge in [-0.25, -0.2) is 4.79 Å². The molecule has 2 heterocycles. The van der Waals surface area contributed by atoms with Gasteiger partial charge in [0.25, 0.3) is 10.8 Å². The molecule has 2 aromatic heterocycles. The predicted octanol–water partition coefficient (Wildman–Crippen LogP) is 1.20. The maximum atomic E-state index is 12.3. The zero-order valence-corrected chi connectivity index (χ0v) is 17.1. The van der Waals surface area contributed by atoms with E-state index in [1.54, 1.807) is 0 Å². The number of fused-ring (bicyclic) bond motifs is 2. The lowest BCUT2D eigenvalue weighted by atomic mass is 9.84. The number of nitrogens with one attached hydrogen (secondary N) is 2. The van der Waals surface area contributed by atoms with Gasteiger partial charge in [-0.3, -0.25) is 14.6 Å². The Morgan fingerprint density at radius 3 is 2.97 bits per heavy atom. The van der Waals surface area contributed by atoms with Crippen LogP contribution >= 0.6 is 11.8 Å². The van der Waals surface area contributed by atoms with Gasteiger partial charge in [-0.15, -0.1) is 10.2 Å². The fraction of sp³-hybridized carbons (Fsp3) is 0.632. The Labute approximate surface area is 171 Å². The van der Waals surface area contributed by atoms with Crippen molar-refractivity contribution in [3.8, 4) is 0 Å². The van der Waals surface area contributed by atoms with Crippen LogP contribution in [-0.4, -0.2) is 37.5 Å². The van der Waals surface area contributed by atoms with E-state index in [9.17, 15) is 14.4 Å². The van der Waals surface area contributed by atoms with E-state index in [0.717, 1.165) is 11.8 Å². The monoisotopic (exact) mass is 419 g/mol. The number of H-pyrrole nitrogens is 1. The second-order valence-corrected chi connectivity index (χ2v) is 8.93. The highest BCUT2D eigenvalue weighted by molar-refractivity contribution is 7.99. The summed E-state index contributed by atoms with van der Waals surface area (Å²) in [5, 5.41) is 11.4. The number of aromatic nitrogens is 4. The van der Waals surface area contributed by atoms with E-state index in [1.807, 2.05) is 0 Å². The van der Waals surface area contributed by atoms with Crippen LogP contribution in [0.2, 0.25) is 0 Å². The largest absolute Gasteiger partial charge is 0.416 e. The summed E-state index contributed by atoms with van der Waals surface area (Å²) in [7, 11) is 0. The average Bonchev–Trinajstić information content (AvgIpc) is 3.42. The van der Waals surface area contributed by atoms with Crippen LogP contribution in [0.4, 0.5) is 0 Å². The van der Waals surface area contributed by atoms with Crippen molar-refractivity contribution in [3.05, 3.63) is 39.0 Å². The Kier molecular flexibility index (Phi) is 5.89. The quantitative estimate of drug-likeness (QED) is 0.616. The van der Waals surface area contributed by atoms with E-state index >= 15 is 0 Å². The van der Waals surface area contributed by atoms with Crippen molar-refractivity contribution in [1.82, 2.24) is 25.1 Å². The van der Waals surface area contributed by atoms with Crippen LogP contribution in [0.3, 0.4) is 0 Å². The second-order valence-electron chi connectivity index (χ2n) is 8.00. The van der Waals surface area contributed by atoms with Crippen LogP contribution in [0.1, 0.15) is 38.5 Å². The Bertz CT molecular complexity index is 983. The van der Waals surface area contributed by atoms with E-state index in [-0.39, 0.29) is 17.7 Å². The van der Waals surface area contributed by atoms with Gasteiger partial charge in [0.1, 0.15) is 0 Å². The Morgan fingerprint density at radius 1 is 1.38 bits per heavy atom. The maximum absolute atomic E-state index is 12.3. The number of amides is 1. The molecular weight excluding hydrogens is 394 g/mol. The molecule has 9 nitrogen and oxygen atoms in total. The van der Waals surface area contributed by atoms with Crippen LogP contribution in [0.5, 0.6) is 0 Å². The van der Waals surface area contributed by atoms with E-state index < -0.39 is 11.2 Å². The molecule has 2 N–H and O–H groups in total. The molecule has 2 aromatic rings. The summed E-state index contributed by atoms with van der Waals surface area (Å²) in [6.45, 7) is 2.42. The zero-order chi connectivity index (χ0) is 20.4. The third-order valence-corrected chi connectivity index (χ3v) is 6.88. The van der Waals surface area contributed by atoms with Gasteiger partial charge in [-0.05, 0) is 43.9 Å². The number of thioether (sulfide) groups is 1. The summed E-state index contributed by atoms with van der Waals surface area (Å²) < 4.78 is 6.90. The molecular formula is C19H25N5O4S. The van der Waals surface area contributed by atoms with Crippen LogP contribution in [-0.2, 0) is 17.8 Å². The Hall–Kier alpha value is -2.36. The average molecular weight is 420 g/mol. The molecule has 2 aliphatic rings. The molecule has 2 bridgehead atoms. The molecule has 4 rings (SSSR count). The summed E-state index contributed by atoms with van der Waals surface area (Å²) in [6.07, 6.45) is 7.01. The zero-order valence-electron chi connectivity index (χ0n) is 16.3. The van der Waals surface area contributed by atoms with E-state index in [2.05, 4.69) is 27.4 Å².